The van der Waals surface area contributed by atoms with E-state index in [9.17, 15) is 9.90 Å². The molecule has 2 aromatic rings. The van der Waals surface area contributed by atoms with Crippen molar-refractivity contribution >= 4 is 17.6 Å². The Morgan fingerprint density at radius 3 is 2.46 bits per heavy atom. The fourth-order valence-electron chi connectivity index (χ4n) is 2.41. The van der Waals surface area contributed by atoms with Crippen LogP contribution in [-0.4, -0.2) is 31.3 Å². The first-order valence-electron chi connectivity index (χ1n) is 7.45. The molecule has 6 heteroatoms. The molecule has 0 heterocycles. The monoisotopic (exact) mass is 349 g/mol. The second-order valence-corrected chi connectivity index (χ2v) is 5.68. The molecule has 0 aromatic heterocycles. The number of carboxylic acids is 1. The average molecular weight is 350 g/mol. The van der Waals surface area contributed by atoms with Crippen molar-refractivity contribution in [1.82, 2.24) is 5.32 Å². The van der Waals surface area contributed by atoms with Crippen molar-refractivity contribution in [2.45, 2.75) is 19.0 Å². The molecule has 0 unspecified atom stereocenters. The van der Waals surface area contributed by atoms with Gasteiger partial charge in [-0.1, -0.05) is 41.9 Å². The van der Waals surface area contributed by atoms with Crippen molar-refractivity contribution in [2.24, 2.45) is 0 Å². The van der Waals surface area contributed by atoms with Crippen LogP contribution in [-0.2, 0) is 17.8 Å². The number of hydrogen-bond donors (Lipinski definition) is 2. The summed E-state index contributed by atoms with van der Waals surface area (Å²) >= 11 is 6.17. The van der Waals surface area contributed by atoms with Gasteiger partial charge in [-0.25, -0.2) is 0 Å². The van der Waals surface area contributed by atoms with E-state index in [0.717, 1.165) is 11.1 Å². The Kier molecular flexibility index (Phi) is 6.46. The first-order chi connectivity index (χ1) is 11.5. The van der Waals surface area contributed by atoms with Gasteiger partial charge in [0.2, 0.25) is 0 Å². The summed E-state index contributed by atoms with van der Waals surface area (Å²) < 4.78 is 10.4. The molecule has 0 aliphatic rings. The molecule has 24 heavy (non-hydrogen) atoms. The summed E-state index contributed by atoms with van der Waals surface area (Å²) in [7, 11) is 3.04. The molecule has 1 atom stereocenters. The minimum absolute atomic E-state index is 0.351. The highest BCUT2D eigenvalue weighted by Gasteiger charge is 2.18. The molecule has 2 aromatic carbocycles. The molecule has 0 aliphatic heterocycles. The van der Waals surface area contributed by atoms with Crippen LogP contribution < -0.4 is 14.8 Å². The quantitative estimate of drug-likeness (QED) is 0.766. The Morgan fingerprint density at radius 1 is 1.17 bits per heavy atom. The van der Waals surface area contributed by atoms with Crippen molar-refractivity contribution < 1.29 is 19.4 Å². The minimum atomic E-state index is -0.898. The van der Waals surface area contributed by atoms with Crippen molar-refractivity contribution in [3.63, 3.8) is 0 Å². The summed E-state index contributed by atoms with van der Waals surface area (Å²) in [6.45, 7) is 0.351. The number of ether oxygens (including phenoxy) is 2. The number of aliphatic carboxylic acids is 1. The number of methoxy groups -OCH3 is 2. The zero-order valence-electron chi connectivity index (χ0n) is 13.6. The standard InChI is InChI=1S/C18H20ClNO4/c1-23-16-10-13(8-14(19)17(16)24-2)11-20-15(18(21)22)9-12-6-4-3-5-7-12/h3-8,10,15,20H,9,11H2,1-2H3,(H,21,22)/t15-/m1/s1. The summed E-state index contributed by atoms with van der Waals surface area (Å²) in [6.07, 6.45) is 0.400. The maximum atomic E-state index is 11.5. The number of benzene rings is 2. The lowest BCUT2D eigenvalue weighted by Crippen LogP contribution is -2.38. The number of halogens is 1. The molecular weight excluding hydrogens is 330 g/mol. The topological polar surface area (TPSA) is 67.8 Å². The van der Waals surface area contributed by atoms with Gasteiger partial charge in [0.25, 0.3) is 0 Å². The van der Waals surface area contributed by atoms with Gasteiger partial charge in [0.1, 0.15) is 6.04 Å². The van der Waals surface area contributed by atoms with Crippen LogP contribution in [0.15, 0.2) is 42.5 Å². The van der Waals surface area contributed by atoms with Crippen LogP contribution in [0.2, 0.25) is 5.02 Å². The number of nitrogens with one attached hydrogen (secondary N) is 1. The van der Waals surface area contributed by atoms with Crippen LogP contribution in [0.25, 0.3) is 0 Å². The van der Waals surface area contributed by atoms with E-state index in [4.69, 9.17) is 21.1 Å². The van der Waals surface area contributed by atoms with Crippen molar-refractivity contribution in [2.75, 3.05) is 14.2 Å². The third-order valence-corrected chi connectivity index (χ3v) is 3.91. The molecule has 0 saturated carbocycles. The lowest BCUT2D eigenvalue weighted by Gasteiger charge is -2.16. The van der Waals surface area contributed by atoms with Gasteiger partial charge in [-0.3, -0.25) is 4.79 Å². The normalized spacial score (nSPS) is 11.8. The lowest BCUT2D eigenvalue weighted by molar-refractivity contribution is -0.139. The van der Waals surface area contributed by atoms with Crippen LogP contribution >= 0.6 is 11.6 Å². The number of carbonyl (C=O) groups is 1. The molecule has 0 spiro atoms. The highest BCUT2D eigenvalue weighted by molar-refractivity contribution is 6.32. The highest BCUT2D eigenvalue weighted by Crippen LogP contribution is 2.35. The maximum Gasteiger partial charge on any atom is 0.321 e. The number of hydrogen-bond acceptors (Lipinski definition) is 4. The molecule has 0 fully saturated rings. The Hall–Kier alpha value is -2.24. The van der Waals surface area contributed by atoms with Crippen molar-refractivity contribution in [3.8, 4) is 11.5 Å². The third kappa shape index (κ3) is 4.63. The van der Waals surface area contributed by atoms with E-state index in [1.807, 2.05) is 30.3 Å². The lowest BCUT2D eigenvalue weighted by atomic mass is 10.1. The summed E-state index contributed by atoms with van der Waals surface area (Å²) in [5, 5.41) is 12.9. The third-order valence-electron chi connectivity index (χ3n) is 3.63. The van der Waals surface area contributed by atoms with Crippen LogP contribution in [0.5, 0.6) is 11.5 Å². The van der Waals surface area contributed by atoms with E-state index >= 15 is 0 Å². The van der Waals surface area contributed by atoms with E-state index in [-0.39, 0.29) is 0 Å². The van der Waals surface area contributed by atoms with Gasteiger partial charge in [-0.2, -0.15) is 0 Å². The largest absolute Gasteiger partial charge is 0.493 e. The molecule has 2 N–H and O–H groups in total. The summed E-state index contributed by atoms with van der Waals surface area (Å²) in [6, 6.07) is 12.3. The average Bonchev–Trinajstić information content (AvgIpc) is 2.58. The summed E-state index contributed by atoms with van der Waals surface area (Å²) in [5.74, 6) is 0.0733. The minimum Gasteiger partial charge on any atom is -0.493 e. The number of carboxylic acid groups (broad SMARTS) is 1. The van der Waals surface area contributed by atoms with Crippen LogP contribution in [0.3, 0.4) is 0 Å². The smallest absolute Gasteiger partial charge is 0.321 e. The zero-order chi connectivity index (χ0) is 17.5. The Morgan fingerprint density at radius 2 is 1.88 bits per heavy atom. The van der Waals surface area contributed by atoms with E-state index in [2.05, 4.69) is 5.32 Å². The van der Waals surface area contributed by atoms with E-state index in [1.165, 1.54) is 14.2 Å². The molecule has 2 rings (SSSR count). The first-order valence-corrected chi connectivity index (χ1v) is 7.83. The zero-order valence-corrected chi connectivity index (χ0v) is 14.3. The molecule has 0 saturated heterocycles. The molecule has 5 nitrogen and oxygen atoms in total. The Balaban J connectivity index is 2.09. The highest BCUT2D eigenvalue weighted by atomic mass is 35.5. The van der Waals surface area contributed by atoms with E-state index < -0.39 is 12.0 Å². The van der Waals surface area contributed by atoms with Crippen LogP contribution in [0.1, 0.15) is 11.1 Å². The van der Waals surface area contributed by atoms with Gasteiger partial charge in [-0.05, 0) is 29.7 Å². The summed E-state index contributed by atoms with van der Waals surface area (Å²) in [4.78, 5) is 11.5. The van der Waals surface area contributed by atoms with Gasteiger partial charge in [0.05, 0.1) is 19.2 Å². The second-order valence-electron chi connectivity index (χ2n) is 5.27. The Bertz CT molecular complexity index is 691. The number of rotatable bonds is 8. The Labute approximate surface area is 146 Å². The van der Waals surface area contributed by atoms with Crippen molar-refractivity contribution in [3.05, 3.63) is 58.6 Å². The molecule has 0 bridgehead atoms. The van der Waals surface area contributed by atoms with Gasteiger partial charge in [0, 0.05) is 6.54 Å². The molecule has 0 amide bonds. The predicted molar refractivity (Wildman–Crippen MR) is 93.0 cm³/mol. The second kappa shape index (κ2) is 8.57. The van der Waals surface area contributed by atoms with Crippen molar-refractivity contribution in [1.29, 1.82) is 0 Å². The molecular formula is C18H20ClNO4. The summed E-state index contributed by atoms with van der Waals surface area (Å²) in [5.41, 5.74) is 1.78. The van der Waals surface area contributed by atoms with E-state index in [1.54, 1.807) is 12.1 Å². The first kappa shape index (κ1) is 18.1. The fourth-order valence-corrected chi connectivity index (χ4v) is 2.72. The maximum absolute atomic E-state index is 11.5. The van der Waals surface area contributed by atoms with Gasteiger partial charge < -0.3 is 19.9 Å². The van der Waals surface area contributed by atoms with Gasteiger partial charge in [0.15, 0.2) is 11.5 Å². The molecule has 128 valence electrons. The predicted octanol–water partition coefficient (Wildman–Crippen LogP) is 3.14. The van der Waals surface area contributed by atoms with Crippen LogP contribution in [0, 0.1) is 0 Å². The van der Waals surface area contributed by atoms with Crippen LogP contribution in [0.4, 0.5) is 0 Å². The van der Waals surface area contributed by atoms with Gasteiger partial charge in [-0.15, -0.1) is 0 Å². The molecule has 0 aliphatic carbocycles. The van der Waals surface area contributed by atoms with E-state index in [0.29, 0.717) is 29.5 Å². The van der Waals surface area contributed by atoms with Gasteiger partial charge >= 0.3 is 5.97 Å². The fraction of sp³-hybridized carbons (Fsp3) is 0.278. The SMILES string of the molecule is COc1cc(CN[C@H](Cc2ccccc2)C(=O)O)cc(Cl)c1OC. The molecule has 0 radical (unpaired) electrons.